The molecular weight excluding hydrogens is 624 g/mol. The molecule has 6 rings (SSSR count). The summed E-state index contributed by atoms with van der Waals surface area (Å²) in [6.07, 6.45) is 6.87. The number of hydrogen-bond acceptors (Lipinski definition) is 3. The number of alkyl halides is 3. The van der Waals surface area contributed by atoms with E-state index in [1.165, 1.54) is 4.90 Å². The van der Waals surface area contributed by atoms with Gasteiger partial charge in [0, 0.05) is 16.3 Å². The van der Waals surface area contributed by atoms with Crippen LogP contribution in [0.25, 0.3) is 0 Å². The van der Waals surface area contributed by atoms with Crippen molar-refractivity contribution in [2.24, 2.45) is 0 Å². The number of rotatable bonds is 6. The van der Waals surface area contributed by atoms with Crippen LogP contribution in [-0.4, -0.2) is 0 Å². The maximum Gasteiger partial charge on any atom is 0.420 e. The van der Waals surface area contributed by atoms with E-state index in [9.17, 15) is 18.4 Å². The third-order valence-electron chi connectivity index (χ3n) is 8.60. The number of nitriles is 1. The molecule has 0 saturated carbocycles. The smallest absolute Gasteiger partial charge is 0.306 e. The molecule has 0 radical (unpaired) electrons. The van der Waals surface area contributed by atoms with Gasteiger partial charge < -0.3 is 4.90 Å². The van der Waals surface area contributed by atoms with Gasteiger partial charge in [0.2, 0.25) is 0 Å². The Hall–Kier alpha value is -4.61. The van der Waals surface area contributed by atoms with E-state index in [0.717, 1.165) is 35.1 Å². The predicted octanol–water partition coefficient (Wildman–Crippen LogP) is 11.7. The van der Waals surface area contributed by atoms with Gasteiger partial charge in [-0.25, -0.2) is 8.78 Å². The van der Waals surface area contributed by atoms with Crippen molar-refractivity contribution in [3.8, 4) is 6.07 Å². The van der Waals surface area contributed by atoms with Crippen LogP contribution < -0.4 is 4.90 Å². The maximum absolute atomic E-state index is 17.2. The van der Waals surface area contributed by atoms with Crippen LogP contribution in [-0.2, 0) is 25.4 Å². The number of anilines is 3. The zero-order chi connectivity index (χ0) is 33.1. The predicted molar refractivity (Wildman–Crippen MR) is 177 cm³/mol. The highest BCUT2D eigenvalue weighted by molar-refractivity contribution is 7.99. The molecule has 1 aliphatic carbocycles. The summed E-state index contributed by atoms with van der Waals surface area (Å²) in [4.78, 5) is 0.908. The van der Waals surface area contributed by atoms with Gasteiger partial charge in [-0.3, -0.25) is 0 Å². The summed E-state index contributed by atoms with van der Waals surface area (Å²) in [7, 11) is 0. The van der Waals surface area contributed by atoms with Crippen molar-refractivity contribution < 1.29 is 22.0 Å². The van der Waals surface area contributed by atoms with Crippen molar-refractivity contribution in [3.05, 3.63) is 148 Å². The fourth-order valence-corrected chi connectivity index (χ4v) is 7.44. The summed E-state index contributed by atoms with van der Waals surface area (Å²) in [5.74, 6) is -3.08. The number of fused-ring (bicyclic) bond motifs is 2. The highest BCUT2D eigenvalue weighted by Gasteiger charge is 2.43. The Labute approximate surface area is 275 Å². The summed E-state index contributed by atoms with van der Waals surface area (Å²) < 4.78 is 77.5. The van der Waals surface area contributed by atoms with Crippen LogP contribution in [0.5, 0.6) is 0 Å². The molecule has 2 nitrogen and oxygen atoms in total. The quantitative estimate of drug-likeness (QED) is 0.194. The lowest BCUT2D eigenvalue weighted by molar-refractivity contribution is -0.142. The normalized spacial score (nSPS) is 14.6. The summed E-state index contributed by atoms with van der Waals surface area (Å²) in [5, 5.41) is 10.2. The summed E-state index contributed by atoms with van der Waals surface area (Å²) in [5.41, 5.74) is 2.21. The number of hydrogen-bond donors (Lipinski definition) is 0. The molecule has 0 spiro atoms. The largest absolute Gasteiger partial charge is 0.420 e. The number of nitrogens with zero attached hydrogens (tertiary/aromatic N) is 2. The molecule has 0 bridgehead atoms. The average Bonchev–Trinajstić information content (AvgIpc) is 3.26. The van der Waals surface area contributed by atoms with Gasteiger partial charge in [0.25, 0.3) is 0 Å². The Morgan fingerprint density at radius 2 is 1.43 bits per heavy atom. The maximum atomic E-state index is 17.2. The molecule has 0 atom stereocenters. The molecule has 47 heavy (non-hydrogen) atoms. The number of halogens is 5. The van der Waals surface area contributed by atoms with Crippen LogP contribution in [0.4, 0.5) is 39.0 Å². The Kier molecular flexibility index (Phi) is 9.38. The van der Waals surface area contributed by atoms with E-state index >= 15 is 8.78 Å². The SMILES string of the molecule is CC1=C(CCc2ccccc2Sc2c(F)c(N3c4ccccc4CCCc4ccccc43)c(C#N)c(F)c2C(F)(F)F)C=CCC=C1. The number of benzene rings is 4. The van der Waals surface area contributed by atoms with E-state index in [4.69, 9.17) is 0 Å². The third kappa shape index (κ3) is 6.50. The molecule has 0 amide bonds. The van der Waals surface area contributed by atoms with Crippen molar-refractivity contribution in [3.63, 3.8) is 0 Å². The first-order chi connectivity index (χ1) is 22.7. The van der Waals surface area contributed by atoms with Gasteiger partial charge in [-0.15, -0.1) is 0 Å². The van der Waals surface area contributed by atoms with Crippen molar-refractivity contribution in [2.75, 3.05) is 4.90 Å². The van der Waals surface area contributed by atoms with Gasteiger partial charge in [0.05, 0.1) is 4.90 Å². The van der Waals surface area contributed by atoms with Crippen LogP contribution in [0.2, 0.25) is 0 Å². The van der Waals surface area contributed by atoms with E-state index in [0.29, 0.717) is 59.3 Å². The molecule has 238 valence electrons. The van der Waals surface area contributed by atoms with Gasteiger partial charge in [-0.1, -0.05) is 90.7 Å². The van der Waals surface area contributed by atoms with Crippen LogP contribution in [0.3, 0.4) is 0 Å². The first-order valence-electron chi connectivity index (χ1n) is 15.5. The number of allylic oxidation sites excluding steroid dienone is 6. The lowest BCUT2D eigenvalue weighted by Crippen LogP contribution is -2.22. The highest BCUT2D eigenvalue weighted by Crippen LogP contribution is 2.51. The lowest BCUT2D eigenvalue weighted by atomic mass is 9.95. The highest BCUT2D eigenvalue weighted by atomic mass is 32.2. The molecule has 0 N–H and O–H groups in total. The first-order valence-corrected chi connectivity index (χ1v) is 16.3. The van der Waals surface area contributed by atoms with Crippen molar-refractivity contribution in [1.82, 2.24) is 0 Å². The van der Waals surface area contributed by atoms with Gasteiger partial charge in [-0.05, 0) is 91.5 Å². The standard InChI is InChI=1S/C39H31F5N2S/c1-25-12-3-2-4-13-26(25)22-23-29-16-7-10-21-33(29)47-38-34(39(42,43)44)35(40)30(24-45)37(36(38)41)46-31-19-8-5-14-27(31)17-11-18-28-15-6-9-20-32(28)46/h3-10,12-16,19-21H,2,11,17-18,22-23H2,1H3. The number of aryl methyl sites for hydroxylation is 3. The average molecular weight is 655 g/mol. The minimum atomic E-state index is -5.27. The van der Waals surface area contributed by atoms with E-state index in [1.807, 2.05) is 43.3 Å². The second-order valence-electron chi connectivity index (χ2n) is 11.6. The van der Waals surface area contributed by atoms with Crippen LogP contribution in [0, 0.1) is 23.0 Å². The van der Waals surface area contributed by atoms with Crippen LogP contribution in [0.15, 0.2) is 118 Å². The monoisotopic (exact) mass is 654 g/mol. The Bertz CT molecular complexity index is 1920. The molecule has 0 aromatic heterocycles. The molecule has 0 unspecified atom stereocenters. The Morgan fingerprint density at radius 3 is 2.09 bits per heavy atom. The third-order valence-corrected chi connectivity index (χ3v) is 9.81. The summed E-state index contributed by atoms with van der Waals surface area (Å²) >= 11 is 0.550. The topological polar surface area (TPSA) is 27.0 Å². The van der Waals surface area contributed by atoms with E-state index in [-0.39, 0.29) is 0 Å². The van der Waals surface area contributed by atoms with Crippen molar-refractivity contribution in [1.29, 1.82) is 5.26 Å². The fraction of sp³-hybridized carbons (Fsp3) is 0.205. The van der Waals surface area contributed by atoms with E-state index in [1.54, 1.807) is 54.6 Å². The van der Waals surface area contributed by atoms with Crippen molar-refractivity contribution in [2.45, 2.75) is 61.4 Å². The second-order valence-corrected chi connectivity index (χ2v) is 12.6. The zero-order valence-corrected chi connectivity index (χ0v) is 26.5. The van der Waals surface area contributed by atoms with Crippen LogP contribution >= 0.6 is 11.8 Å². The minimum Gasteiger partial charge on any atom is -0.306 e. The molecular formula is C39H31F5N2S. The fourth-order valence-electron chi connectivity index (χ4n) is 6.28. The summed E-state index contributed by atoms with van der Waals surface area (Å²) in [6, 6.07) is 22.8. The molecule has 1 aliphatic heterocycles. The van der Waals surface area contributed by atoms with E-state index in [2.05, 4.69) is 12.2 Å². The van der Waals surface area contributed by atoms with Crippen molar-refractivity contribution >= 4 is 28.8 Å². The minimum absolute atomic E-state index is 0.381. The van der Waals surface area contributed by atoms with Gasteiger partial charge in [-0.2, -0.15) is 18.4 Å². The Morgan fingerprint density at radius 1 is 0.809 bits per heavy atom. The first kappa shape index (κ1) is 32.3. The second kappa shape index (κ2) is 13.6. The molecule has 1 heterocycles. The Balaban J connectivity index is 1.55. The molecule has 2 aliphatic rings. The lowest BCUT2D eigenvalue weighted by Gasteiger charge is -2.33. The van der Waals surface area contributed by atoms with Crippen LogP contribution in [0.1, 0.15) is 54.0 Å². The zero-order valence-electron chi connectivity index (χ0n) is 25.7. The van der Waals surface area contributed by atoms with E-state index < -0.39 is 39.5 Å². The number of para-hydroxylation sites is 2. The van der Waals surface area contributed by atoms with Gasteiger partial charge in [0.15, 0.2) is 11.6 Å². The molecule has 4 aromatic rings. The summed E-state index contributed by atoms with van der Waals surface area (Å²) in [6.45, 7) is 2.01. The molecule has 0 fully saturated rings. The van der Waals surface area contributed by atoms with Gasteiger partial charge >= 0.3 is 6.18 Å². The molecule has 4 aromatic carbocycles. The molecule has 8 heteroatoms. The van der Waals surface area contributed by atoms with Gasteiger partial charge in [0.1, 0.15) is 22.9 Å². The molecule has 0 saturated heterocycles.